The second kappa shape index (κ2) is 6.39. The molecule has 1 aromatic carbocycles. The molecule has 24 heavy (non-hydrogen) atoms. The normalized spacial score (nSPS) is 19.3. The molecule has 2 aromatic rings. The number of nitrogens with zero attached hydrogens (tertiary/aromatic N) is 2. The first kappa shape index (κ1) is 16.7. The van der Waals surface area contributed by atoms with Gasteiger partial charge in [-0.3, -0.25) is 9.78 Å². The lowest BCUT2D eigenvalue weighted by Crippen LogP contribution is -2.41. The number of rotatable bonds is 4. The highest BCUT2D eigenvalue weighted by Gasteiger charge is 2.35. The van der Waals surface area contributed by atoms with E-state index in [0.717, 1.165) is 0 Å². The summed E-state index contributed by atoms with van der Waals surface area (Å²) < 4.78 is 28.9. The molecule has 7 heteroatoms. The molecular formula is C17H20N2O4S. The van der Waals surface area contributed by atoms with E-state index in [9.17, 15) is 13.2 Å². The van der Waals surface area contributed by atoms with Gasteiger partial charge in [0.15, 0.2) is 15.6 Å². The second-order valence-electron chi connectivity index (χ2n) is 5.87. The molecule has 0 spiro atoms. The van der Waals surface area contributed by atoms with Crippen molar-refractivity contribution in [2.24, 2.45) is 0 Å². The summed E-state index contributed by atoms with van der Waals surface area (Å²) in [5, 5.41) is 0.709. The smallest absolute Gasteiger partial charge is 0.258 e. The maximum atomic E-state index is 13.2. The minimum Gasteiger partial charge on any atom is -0.494 e. The lowest BCUT2D eigenvalue weighted by molar-refractivity contribution is 0.0707. The van der Waals surface area contributed by atoms with E-state index in [2.05, 4.69) is 4.98 Å². The summed E-state index contributed by atoms with van der Waals surface area (Å²) in [5.74, 6) is 0.348. The van der Waals surface area contributed by atoms with Crippen molar-refractivity contribution in [3.05, 3.63) is 36.0 Å². The number of ether oxygens (including phenoxy) is 1. The highest BCUT2D eigenvalue weighted by atomic mass is 32.2. The van der Waals surface area contributed by atoms with Crippen LogP contribution in [-0.4, -0.2) is 55.4 Å². The molecule has 1 unspecified atom stereocenters. The van der Waals surface area contributed by atoms with Crippen LogP contribution in [0.2, 0.25) is 0 Å². The topological polar surface area (TPSA) is 76.6 Å². The van der Waals surface area contributed by atoms with Gasteiger partial charge in [0.1, 0.15) is 0 Å². The van der Waals surface area contributed by atoms with Gasteiger partial charge in [-0.25, -0.2) is 8.42 Å². The number of aromatic nitrogens is 1. The zero-order valence-electron chi connectivity index (χ0n) is 13.7. The molecule has 1 atom stereocenters. The Morgan fingerprint density at radius 3 is 2.75 bits per heavy atom. The van der Waals surface area contributed by atoms with Gasteiger partial charge in [-0.1, -0.05) is 18.2 Å². The Balaban J connectivity index is 2.06. The Bertz CT molecular complexity index is 879. The molecule has 0 saturated carbocycles. The lowest BCUT2D eigenvalue weighted by atomic mass is 10.1. The van der Waals surface area contributed by atoms with E-state index < -0.39 is 9.84 Å². The number of fused-ring (bicyclic) bond motifs is 1. The number of sulfone groups is 1. The summed E-state index contributed by atoms with van der Waals surface area (Å²) in [6, 6.07) is 7.08. The molecule has 0 radical (unpaired) electrons. The monoisotopic (exact) mass is 348 g/mol. The van der Waals surface area contributed by atoms with Crippen LogP contribution in [0.5, 0.6) is 5.75 Å². The fourth-order valence-electron chi connectivity index (χ4n) is 3.23. The molecule has 6 nitrogen and oxygen atoms in total. The Hall–Kier alpha value is -2.15. The van der Waals surface area contributed by atoms with Gasteiger partial charge >= 0.3 is 0 Å². The van der Waals surface area contributed by atoms with E-state index in [1.807, 2.05) is 31.2 Å². The standard InChI is InChI=1S/C17H20N2O4S/c1-3-19(12-8-9-24(21,22)11-12)17(20)16-13-6-4-5-7-14(13)18-10-15(16)23-2/h4-7,10,12H,3,8-9,11H2,1-2H3. The fourth-order valence-corrected chi connectivity index (χ4v) is 4.96. The largest absolute Gasteiger partial charge is 0.494 e. The van der Waals surface area contributed by atoms with E-state index in [0.29, 0.717) is 35.2 Å². The molecule has 1 saturated heterocycles. The first-order valence-electron chi connectivity index (χ1n) is 7.90. The van der Waals surface area contributed by atoms with Gasteiger partial charge in [0.2, 0.25) is 0 Å². The first-order valence-corrected chi connectivity index (χ1v) is 9.72. The van der Waals surface area contributed by atoms with Crippen molar-refractivity contribution in [2.75, 3.05) is 25.2 Å². The van der Waals surface area contributed by atoms with Crippen molar-refractivity contribution in [2.45, 2.75) is 19.4 Å². The van der Waals surface area contributed by atoms with Crippen LogP contribution in [0.3, 0.4) is 0 Å². The Labute approximate surface area is 141 Å². The van der Waals surface area contributed by atoms with Crippen LogP contribution in [0, 0.1) is 0 Å². The average molecular weight is 348 g/mol. The molecule has 3 rings (SSSR count). The van der Waals surface area contributed by atoms with Crippen molar-refractivity contribution in [3.8, 4) is 5.75 Å². The van der Waals surface area contributed by atoms with E-state index >= 15 is 0 Å². The third-order valence-electron chi connectivity index (χ3n) is 4.43. The van der Waals surface area contributed by atoms with Crippen LogP contribution in [-0.2, 0) is 9.84 Å². The Morgan fingerprint density at radius 2 is 2.12 bits per heavy atom. The number of pyridine rings is 1. The van der Waals surface area contributed by atoms with Crippen molar-refractivity contribution >= 4 is 26.6 Å². The van der Waals surface area contributed by atoms with E-state index in [1.165, 1.54) is 13.3 Å². The summed E-state index contributed by atoms with van der Waals surface area (Å²) >= 11 is 0. The molecule has 1 aliphatic heterocycles. The first-order chi connectivity index (χ1) is 11.5. The third kappa shape index (κ3) is 2.96. The zero-order valence-corrected chi connectivity index (χ0v) is 14.5. The number of amides is 1. The molecule has 1 aliphatic rings. The van der Waals surface area contributed by atoms with Crippen LogP contribution in [0.1, 0.15) is 23.7 Å². The third-order valence-corrected chi connectivity index (χ3v) is 6.18. The zero-order chi connectivity index (χ0) is 17.3. The molecule has 1 aromatic heterocycles. The quantitative estimate of drug-likeness (QED) is 0.843. The van der Waals surface area contributed by atoms with Crippen LogP contribution in [0.4, 0.5) is 0 Å². The highest BCUT2D eigenvalue weighted by Crippen LogP contribution is 2.29. The summed E-state index contributed by atoms with van der Waals surface area (Å²) in [5.41, 5.74) is 1.14. The van der Waals surface area contributed by atoms with Gasteiger partial charge in [-0.2, -0.15) is 0 Å². The SMILES string of the molecule is CCN(C(=O)c1c(OC)cnc2ccccc12)C1CCS(=O)(=O)C1. The van der Waals surface area contributed by atoms with Gasteiger partial charge in [0.05, 0.1) is 35.9 Å². The van der Waals surface area contributed by atoms with Crippen molar-refractivity contribution in [3.63, 3.8) is 0 Å². The maximum Gasteiger partial charge on any atom is 0.258 e. The summed E-state index contributed by atoms with van der Waals surface area (Å²) in [4.78, 5) is 19.1. The molecule has 2 heterocycles. The van der Waals surface area contributed by atoms with Crippen LogP contribution in [0.25, 0.3) is 10.9 Å². The number of benzene rings is 1. The van der Waals surface area contributed by atoms with Crippen LogP contribution < -0.4 is 4.74 Å². The molecule has 0 aliphatic carbocycles. The van der Waals surface area contributed by atoms with Gasteiger partial charge < -0.3 is 9.64 Å². The molecule has 1 amide bonds. The van der Waals surface area contributed by atoms with Crippen LogP contribution in [0.15, 0.2) is 30.5 Å². The molecule has 1 fully saturated rings. The van der Waals surface area contributed by atoms with Gasteiger partial charge in [0, 0.05) is 18.0 Å². The molecular weight excluding hydrogens is 328 g/mol. The summed E-state index contributed by atoms with van der Waals surface area (Å²) in [7, 11) is -1.56. The number of para-hydroxylation sites is 1. The number of carbonyl (C=O) groups excluding carboxylic acids is 1. The molecule has 0 N–H and O–H groups in total. The molecule has 128 valence electrons. The number of methoxy groups -OCH3 is 1. The Morgan fingerprint density at radius 1 is 1.38 bits per heavy atom. The maximum absolute atomic E-state index is 13.2. The minimum absolute atomic E-state index is 0.0257. The fraction of sp³-hybridized carbons (Fsp3) is 0.412. The van der Waals surface area contributed by atoms with Gasteiger partial charge in [-0.15, -0.1) is 0 Å². The van der Waals surface area contributed by atoms with Crippen molar-refractivity contribution in [1.29, 1.82) is 0 Å². The number of carbonyl (C=O) groups is 1. The summed E-state index contributed by atoms with van der Waals surface area (Å²) in [6.07, 6.45) is 2.02. The van der Waals surface area contributed by atoms with Crippen molar-refractivity contribution in [1.82, 2.24) is 9.88 Å². The number of hydrogen-bond donors (Lipinski definition) is 0. The van der Waals surface area contributed by atoms with E-state index in [1.54, 1.807) is 4.90 Å². The predicted octanol–water partition coefficient (Wildman–Crippen LogP) is 1.89. The number of hydrogen-bond acceptors (Lipinski definition) is 5. The van der Waals surface area contributed by atoms with Crippen LogP contribution >= 0.6 is 0 Å². The van der Waals surface area contributed by atoms with E-state index in [4.69, 9.17) is 4.74 Å². The second-order valence-corrected chi connectivity index (χ2v) is 8.10. The Kier molecular flexibility index (Phi) is 4.45. The van der Waals surface area contributed by atoms with E-state index in [-0.39, 0.29) is 23.5 Å². The van der Waals surface area contributed by atoms with Gasteiger partial charge in [-0.05, 0) is 19.4 Å². The molecule has 0 bridgehead atoms. The van der Waals surface area contributed by atoms with Crippen molar-refractivity contribution < 1.29 is 17.9 Å². The van der Waals surface area contributed by atoms with Gasteiger partial charge in [0.25, 0.3) is 5.91 Å². The highest BCUT2D eigenvalue weighted by molar-refractivity contribution is 7.91. The minimum atomic E-state index is -3.06. The lowest BCUT2D eigenvalue weighted by Gasteiger charge is -2.28. The average Bonchev–Trinajstić information content (AvgIpc) is 2.93. The predicted molar refractivity (Wildman–Crippen MR) is 92.1 cm³/mol. The summed E-state index contributed by atoms with van der Waals surface area (Å²) in [6.45, 7) is 2.30.